The van der Waals surface area contributed by atoms with Gasteiger partial charge in [0.15, 0.2) is 0 Å². The van der Waals surface area contributed by atoms with Crippen LogP contribution in [0, 0.1) is 13.8 Å². The maximum atomic E-state index is 11.0. The number of aromatic nitrogens is 1. The standard InChI is InChI=1S/C13H21NO3/c1-9(2)17-7-5-6-14-10(3)8-12(11(14)4)13(15)16/h8-9H,5-7H2,1-4H3,(H,15,16). The van der Waals surface area contributed by atoms with E-state index in [1.807, 2.05) is 32.3 Å². The summed E-state index contributed by atoms with van der Waals surface area (Å²) in [5.41, 5.74) is 2.20. The first-order valence-corrected chi connectivity index (χ1v) is 5.95. The van der Waals surface area contributed by atoms with E-state index in [0.717, 1.165) is 24.4 Å². The molecule has 0 spiro atoms. The van der Waals surface area contributed by atoms with E-state index in [9.17, 15) is 4.79 Å². The zero-order valence-electron chi connectivity index (χ0n) is 11.0. The summed E-state index contributed by atoms with van der Waals surface area (Å²) in [6.07, 6.45) is 1.14. The Balaban J connectivity index is 2.62. The van der Waals surface area contributed by atoms with E-state index in [-0.39, 0.29) is 6.10 Å². The summed E-state index contributed by atoms with van der Waals surface area (Å²) in [7, 11) is 0. The summed E-state index contributed by atoms with van der Waals surface area (Å²) < 4.78 is 7.50. The fourth-order valence-corrected chi connectivity index (χ4v) is 1.90. The molecule has 0 saturated carbocycles. The first kappa shape index (κ1) is 13.8. The number of carboxylic acids is 1. The van der Waals surface area contributed by atoms with Crippen LogP contribution in [-0.2, 0) is 11.3 Å². The molecule has 17 heavy (non-hydrogen) atoms. The molecule has 0 aromatic carbocycles. The van der Waals surface area contributed by atoms with Gasteiger partial charge in [0.2, 0.25) is 0 Å². The van der Waals surface area contributed by atoms with Crippen molar-refractivity contribution in [2.75, 3.05) is 6.61 Å². The Bertz CT molecular complexity index is 394. The maximum Gasteiger partial charge on any atom is 0.337 e. The van der Waals surface area contributed by atoms with Gasteiger partial charge in [-0.05, 0) is 40.2 Å². The van der Waals surface area contributed by atoms with Crippen molar-refractivity contribution < 1.29 is 14.6 Å². The molecule has 1 aromatic heterocycles. The number of ether oxygens (including phenoxy) is 1. The highest BCUT2D eigenvalue weighted by Crippen LogP contribution is 2.15. The van der Waals surface area contributed by atoms with Crippen LogP contribution in [0.25, 0.3) is 0 Å². The molecule has 0 fully saturated rings. The quantitative estimate of drug-likeness (QED) is 0.776. The van der Waals surface area contributed by atoms with Gasteiger partial charge in [-0.15, -0.1) is 0 Å². The van der Waals surface area contributed by atoms with E-state index < -0.39 is 5.97 Å². The summed E-state index contributed by atoms with van der Waals surface area (Å²) in [6, 6.07) is 1.72. The molecule has 0 saturated heterocycles. The van der Waals surface area contributed by atoms with Crippen LogP contribution < -0.4 is 0 Å². The van der Waals surface area contributed by atoms with Crippen LogP contribution in [0.5, 0.6) is 0 Å². The lowest BCUT2D eigenvalue weighted by Gasteiger charge is -2.11. The van der Waals surface area contributed by atoms with Crippen LogP contribution in [0.1, 0.15) is 42.0 Å². The average molecular weight is 239 g/mol. The predicted octanol–water partition coefficient (Wildman–Crippen LogP) is 2.62. The summed E-state index contributed by atoms with van der Waals surface area (Å²) in [4.78, 5) is 11.0. The molecule has 1 aromatic rings. The lowest BCUT2D eigenvalue weighted by Crippen LogP contribution is -2.09. The molecular weight excluding hydrogens is 218 g/mol. The van der Waals surface area contributed by atoms with Gasteiger partial charge in [0.1, 0.15) is 0 Å². The first-order chi connectivity index (χ1) is 7.93. The SMILES string of the molecule is Cc1cc(C(=O)O)c(C)n1CCCOC(C)C. The predicted molar refractivity (Wildman–Crippen MR) is 66.6 cm³/mol. The first-order valence-electron chi connectivity index (χ1n) is 5.95. The molecule has 4 heteroatoms. The Hall–Kier alpha value is -1.29. The molecule has 1 N–H and O–H groups in total. The van der Waals surface area contributed by atoms with Crippen molar-refractivity contribution in [2.45, 2.75) is 46.8 Å². The molecule has 4 nitrogen and oxygen atoms in total. The Morgan fingerprint density at radius 3 is 2.59 bits per heavy atom. The highest BCUT2D eigenvalue weighted by Gasteiger charge is 2.13. The Kier molecular flexibility index (Phi) is 4.75. The van der Waals surface area contributed by atoms with E-state index >= 15 is 0 Å². The number of aryl methyl sites for hydroxylation is 1. The van der Waals surface area contributed by atoms with Gasteiger partial charge in [-0.2, -0.15) is 0 Å². The van der Waals surface area contributed by atoms with Crippen LogP contribution in [-0.4, -0.2) is 28.4 Å². The largest absolute Gasteiger partial charge is 0.478 e. The van der Waals surface area contributed by atoms with Crippen molar-refractivity contribution in [1.82, 2.24) is 4.57 Å². The van der Waals surface area contributed by atoms with Gasteiger partial charge in [-0.25, -0.2) is 4.79 Å². The molecule has 0 atom stereocenters. The molecule has 0 radical (unpaired) electrons. The zero-order chi connectivity index (χ0) is 13.0. The molecule has 0 bridgehead atoms. The second-order valence-electron chi connectivity index (χ2n) is 4.51. The molecular formula is C13H21NO3. The smallest absolute Gasteiger partial charge is 0.337 e. The Labute approximate surface area is 102 Å². The van der Waals surface area contributed by atoms with Gasteiger partial charge < -0.3 is 14.4 Å². The summed E-state index contributed by atoms with van der Waals surface area (Å²) in [5, 5.41) is 9.01. The number of carboxylic acid groups (broad SMARTS) is 1. The Morgan fingerprint density at radius 2 is 2.12 bits per heavy atom. The summed E-state index contributed by atoms with van der Waals surface area (Å²) in [5.74, 6) is -0.859. The van der Waals surface area contributed by atoms with Crippen LogP contribution in [0.4, 0.5) is 0 Å². The second-order valence-corrected chi connectivity index (χ2v) is 4.51. The molecule has 0 aliphatic carbocycles. The third-order valence-corrected chi connectivity index (χ3v) is 2.78. The van der Waals surface area contributed by atoms with Gasteiger partial charge >= 0.3 is 5.97 Å². The van der Waals surface area contributed by atoms with E-state index in [4.69, 9.17) is 9.84 Å². The fraction of sp³-hybridized carbons (Fsp3) is 0.615. The van der Waals surface area contributed by atoms with E-state index in [0.29, 0.717) is 12.2 Å². The van der Waals surface area contributed by atoms with Gasteiger partial charge in [-0.1, -0.05) is 0 Å². The normalized spacial score (nSPS) is 11.1. The lowest BCUT2D eigenvalue weighted by atomic mass is 10.2. The molecule has 1 heterocycles. The summed E-state index contributed by atoms with van der Waals surface area (Å²) in [6.45, 7) is 9.31. The number of aromatic carboxylic acids is 1. The van der Waals surface area contributed by atoms with Crippen LogP contribution in [0.3, 0.4) is 0 Å². The average Bonchev–Trinajstić information content (AvgIpc) is 2.50. The molecule has 0 amide bonds. The minimum Gasteiger partial charge on any atom is -0.478 e. The van der Waals surface area contributed by atoms with Crippen LogP contribution in [0.15, 0.2) is 6.07 Å². The van der Waals surface area contributed by atoms with Gasteiger partial charge in [0, 0.05) is 24.5 Å². The summed E-state index contributed by atoms with van der Waals surface area (Å²) >= 11 is 0. The number of carbonyl (C=O) groups is 1. The minimum atomic E-state index is -0.859. The van der Waals surface area contributed by atoms with E-state index in [1.54, 1.807) is 6.07 Å². The zero-order valence-corrected chi connectivity index (χ0v) is 11.0. The number of nitrogens with zero attached hydrogens (tertiary/aromatic N) is 1. The molecule has 0 unspecified atom stereocenters. The second kappa shape index (κ2) is 5.87. The molecule has 0 aliphatic rings. The van der Waals surface area contributed by atoms with E-state index in [1.165, 1.54) is 0 Å². The topological polar surface area (TPSA) is 51.5 Å². The van der Waals surface area contributed by atoms with Crippen molar-refractivity contribution >= 4 is 5.97 Å². The van der Waals surface area contributed by atoms with Gasteiger partial charge in [0.05, 0.1) is 11.7 Å². The van der Waals surface area contributed by atoms with Gasteiger partial charge in [-0.3, -0.25) is 0 Å². The number of hydrogen-bond acceptors (Lipinski definition) is 2. The number of rotatable bonds is 6. The van der Waals surface area contributed by atoms with Crippen molar-refractivity contribution in [2.24, 2.45) is 0 Å². The fourth-order valence-electron chi connectivity index (χ4n) is 1.90. The van der Waals surface area contributed by atoms with Crippen molar-refractivity contribution in [1.29, 1.82) is 0 Å². The maximum absolute atomic E-state index is 11.0. The third-order valence-electron chi connectivity index (χ3n) is 2.78. The monoisotopic (exact) mass is 239 g/mol. The lowest BCUT2D eigenvalue weighted by molar-refractivity contribution is 0.0696. The highest BCUT2D eigenvalue weighted by atomic mass is 16.5. The third kappa shape index (κ3) is 3.60. The minimum absolute atomic E-state index is 0.247. The molecule has 96 valence electrons. The molecule has 1 rings (SSSR count). The molecule has 0 aliphatic heterocycles. The highest BCUT2D eigenvalue weighted by molar-refractivity contribution is 5.89. The Morgan fingerprint density at radius 1 is 1.47 bits per heavy atom. The van der Waals surface area contributed by atoms with Crippen LogP contribution in [0.2, 0.25) is 0 Å². The van der Waals surface area contributed by atoms with Crippen molar-refractivity contribution in [3.63, 3.8) is 0 Å². The number of hydrogen-bond donors (Lipinski definition) is 1. The van der Waals surface area contributed by atoms with E-state index in [2.05, 4.69) is 0 Å². The van der Waals surface area contributed by atoms with Crippen molar-refractivity contribution in [3.8, 4) is 0 Å². The van der Waals surface area contributed by atoms with Crippen LogP contribution >= 0.6 is 0 Å². The van der Waals surface area contributed by atoms with Crippen molar-refractivity contribution in [3.05, 3.63) is 23.0 Å². The van der Waals surface area contributed by atoms with Gasteiger partial charge in [0.25, 0.3) is 0 Å².